The fourth-order valence-corrected chi connectivity index (χ4v) is 2.65. The van der Waals surface area contributed by atoms with Crippen LogP contribution < -0.4 is 4.74 Å². The van der Waals surface area contributed by atoms with Crippen LogP contribution in [0, 0.1) is 0 Å². The predicted octanol–water partition coefficient (Wildman–Crippen LogP) is 3.70. The molecule has 3 heteroatoms. The number of benzene rings is 1. The Balaban J connectivity index is 1.78. The minimum Gasteiger partial charge on any atom is -0.492 e. The van der Waals surface area contributed by atoms with E-state index < -0.39 is 0 Å². The zero-order chi connectivity index (χ0) is 12.3. The van der Waals surface area contributed by atoms with Crippen molar-refractivity contribution < 1.29 is 4.74 Å². The Labute approximate surface area is 112 Å². The lowest BCUT2D eigenvalue weighted by Gasteiger charge is -2.31. The van der Waals surface area contributed by atoms with Crippen LogP contribution in [0.3, 0.4) is 0 Å². The number of hydrogen-bond acceptors (Lipinski definition) is 2. The van der Waals surface area contributed by atoms with E-state index in [9.17, 15) is 0 Å². The van der Waals surface area contributed by atoms with Crippen LogP contribution in [0.1, 0.15) is 26.7 Å². The molecule has 0 amide bonds. The van der Waals surface area contributed by atoms with Crippen molar-refractivity contribution in [2.45, 2.75) is 32.2 Å². The van der Waals surface area contributed by atoms with Crippen LogP contribution >= 0.6 is 15.9 Å². The van der Waals surface area contributed by atoms with E-state index in [1.807, 2.05) is 24.3 Å². The fraction of sp³-hybridized carbons (Fsp3) is 0.571. The largest absolute Gasteiger partial charge is 0.492 e. The van der Waals surface area contributed by atoms with Crippen LogP contribution in [0.2, 0.25) is 0 Å². The molecule has 0 aromatic heterocycles. The molecule has 0 saturated carbocycles. The predicted molar refractivity (Wildman–Crippen MR) is 74.5 cm³/mol. The van der Waals surface area contributed by atoms with Crippen LogP contribution in [0.5, 0.6) is 5.75 Å². The monoisotopic (exact) mass is 297 g/mol. The molecule has 0 aliphatic carbocycles. The van der Waals surface area contributed by atoms with E-state index in [1.54, 1.807) is 0 Å². The number of halogens is 1. The molecule has 0 bridgehead atoms. The lowest BCUT2D eigenvalue weighted by atomic mass is 10.0. The van der Waals surface area contributed by atoms with Crippen LogP contribution in [0.4, 0.5) is 0 Å². The molecule has 1 fully saturated rings. The second-order valence-corrected chi connectivity index (χ2v) is 6.12. The zero-order valence-corrected chi connectivity index (χ0v) is 12.2. The molecule has 17 heavy (non-hydrogen) atoms. The summed E-state index contributed by atoms with van der Waals surface area (Å²) in [6.45, 7) is 7.63. The SMILES string of the molecule is CC1(C)CCCN1CCOc1ccc(Br)cc1. The topological polar surface area (TPSA) is 12.5 Å². The maximum absolute atomic E-state index is 5.75. The minimum absolute atomic E-state index is 0.350. The summed E-state index contributed by atoms with van der Waals surface area (Å²) in [5.41, 5.74) is 0.350. The van der Waals surface area contributed by atoms with Gasteiger partial charge in [-0.2, -0.15) is 0 Å². The maximum Gasteiger partial charge on any atom is 0.119 e. The minimum atomic E-state index is 0.350. The third kappa shape index (κ3) is 3.46. The summed E-state index contributed by atoms with van der Waals surface area (Å²) < 4.78 is 6.84. The lowest BCUT2D eigenvalue weighted by Crippen LogP contribution is -2.40. The molecule has 0 unspecified atom stereocenters. The molecule has 1 aliphatic heterocycles. The van der Waals surface area contributed by atoms with Crippen LogP contribution in [-0.4, -0.2) is 30.1 Å². The molecule has 0 radical (unpaired) electrons. The highest BCUT2D eigenvalue weighted by Gasteiger charge is 2.31. The average Bonchev–Trinajstić information content (AvgIpc) is 2.61. The Morgan fingerprint density at radius 1 is 1.29 bits per heavy atom. The molecule has 2 rings (SSSR count). The summed E-state index contributed by atoms with van der Waals surface area (Å²) in [6.07, 6.45) is 2.61. The highest BCUT2D eigenvalue weighted by Crippen LogP contribution is 2.27. The highest BCUT2D eigenvalue weighted by molar-refractivity contribution is 9.10. The van der Waals surface area contributed by atoms with Crippen molar-refractivity contribution in [3.05, 3.63) is 28.7 Å². The van der Waals surface area contributed by atoms with Crippen molar-refractivity contribution in [1.82, 2.24) is 4.90 Å². The Morgan fingerprint density at radius 3 is 2.59 bits per heavy atom. The van der Waals surface area contributed by atoms with E-state index in [2.05, 4.69) is 34.7 Å². The third-order valence-corrected chi connectivity index (χ3v) is 4.04. The Kier molecular flexibility index (Phi) is 4.10. The van der Waals surface area contributed by atoms with Crippen LogP contribution in [0.25, 0.3) is 0 Å². The van der Waals surface area contributed by atoms with E-state index in [1.165, 1.54) is 19.4 Å². The Morgan fingerprint density at radius 2 is 2.00 bits per heavy atom. The first-order valence-corrected chi connectivity index (χ1v) is 7.01. The van der Waals surface area contributed by atoms with Gasteiger partial charge < -0.3 is 4.74 Å². The second kappa shape index (κ2) is 5.40. The van der Waals surface area contributed by atoms with Crippen LogP contribution in [-0.2, 0) is 0 Å². The molecule has 0 atom stereocenters. The van der Waals surface area contributed by atoms with Gasteiger partial charge in [0.25, 0.3) is 0 Å². The molecular weight excluding hydrogens is 278 g/mol. The smallest absolute Gasteiger partial charge is 0.119 e. The van der Waals surface area contributed by atoms with E-state index >= 15 is 0 Å². The van der Waals surface area contributed by atoms with Gasteiger partial charge in [0.05, 0.1) is 0 Å². The standard InChI is InChI=1S/C14H20BrNO/c1-14(2)8-3-9-16(14)10-11-17-13-6-4-12(15)5-7-13/h4-7H,3,8-11H2,1-2H3. The maximum atomic E-state index is 5.75. The van der Waals surface area contributed by atoms with Gasteiger partial charge in [0.2, 0.25) is 0 Å². The molecule has 2 nitrogen and oxygen atoms in total. The summed E-state index contributed by atoms with van der Waals surface area (Å²) in [7, 11) is 0. The van der Waals surface area contributed by atoms with Gasteiger partial charge in [-0.3, -0.25) is 4.90 Å². The zero-order valence-electron chi connectivity index (χ0n) is 10.6. The molecule has 1 saturated heterocycles. The molecule has 94 valence electrons. The third-order valence-electron chi connectivity index (χ3n) is 3.52. The van der Waals surface area contributed by atoms with E-state index in [4.69, 9.17) is 4.74 Å². The number of nitrogens with zero attached hydrogens (tertiary/aromatic N) is 1. The van der Waals surface area contributed by atoms with Gasteiger partial charge >= 0.3 is 0 Å². The number of hydrogen-bond donors (Lipinski definition) is 0. The van der Waals surface area contributed by atoms with Gasteiger partial charge in [-0.15, -0.1) is 0 Å². The summed E-state index contributed by atoms with van der Waals surface area (Å²) in [4.78, 5) is 2.52. The summed E-state index contributed by atoms with van der Waals surface area (Å²) in [6, 6.07) is 8.02. The van der Waals surface area contributed by atoms with Crippen molar-refractivity contribution in [1.29, 1.82) is 0 Å². The molecule has 1 heterocycles. The second-order valence-electron chi connectivity index (χ2n) is 5.21. The first-order valence-electron chi connectivity index (χ1n) is 6.21. The molecule has 1 aromatic rings. The van der Waals surface area contributed by atoms with Gasteiger partial charge in [-0.25, -0.2) is 0 Å². The number of rotatable bonds is 4. The molecule has 1 aromatic carbocycles. The van der Waals surface area contributed by atoms with Crippen molar-refractivity contribution in [2.24, 2.45) is 0 Å². The first kappa shape index (κ1) is 12.9. The fourth-order valence-electron chi connectivity index (χ4n) is 2.38. The molecule has 0 N–H and O–H groups in total. The van der Waals surface area contributed by atoms with Crippen molar-refractivity contribution in [2.75, 3.05) is 19.7 Å². The lowest BCUT2D eigenvalue weighted by molar-refractivity contribution is 0.143. The molecule has 1 aliphatic rings. The summed E-state index contributed by atoms with van der Waals surface area (Å²) in [5.74, 6) is 0.949. The number of ether oxygens (including phenoxy) is 1. The van der Waals surface area contributed by atoms with Gasteiger partial charge in [0.15, 0.2) is 0 Å². The van der Waals surface area contributed by atoms with E-state index in [-0.39, 0.29) is 0 Å². The van der Waals surface area contributed by atoms with Crippen molar-refractivity contribution in [3.63, 3.8) is 0 Å². The Bertz CT molecular complexity index is 361. The first-order chi connectivity index (χ1) is 8.08. The van der Waals surface area contributed by atoms with E-state index in [0.717, 1.165) is 23.4 Å². The Hall–Kier alpha value is -0.540. The van der Waals surface area contributed by atoms with Gasteiger partial charge in [-0.1, -0.05) is 15.9 Å². The van der Waals surface area contributed by atoms with Gasteiger partial charge in [-0.05, 0) is 57.5 Å². The number of likely N-dealkylation sites (tertiary alicyclic amines) is 1. The van der Waals surface area contributed by atoms with Gasteiger partial charge in [0.1, 0.15) is 12.4 Å². The van der Waals surface area contributed by atoms with Crippen molar-refractivity contribution >= 4 is 15.9 Å². The van der Waals surface area contributed by atoms with E-state index in [0.29, 0.717) is 5.54 Å². The summed E-state index contributed by atoms with van der Waals surface area (Å²) >= 11 is 3.42. The average molecular weight is 298 g/mol. The highest BCUT2D eigenvalue weighted by atomic mass is 79.9. The van der Waals surface area contributed by atoms with Gasteiger partial charge in [0, 0.05) is 16.6 Å². The molecular formula is C14H20BrNO. The summed E-state index contributed by atoms with van der Waals surface area (Å²) in [5, 5.41) is 0. The quantitative estimate of drug-likeness (QED) is 0.840. The molecule has 0 spiro atoms. The van der Waals surface area contributed by atoms with Crippen LogP contribution in [0.15, 0.2) is 28.7 Å². The normalized spacial score (nSPS) is 19.5. The van der Waals surface area contributed by atoms with Crippen molar-refractivity contribution in [3.8, 4) is 5.75 Å².